The molecule has 0 saturated carbocycles. The van der Waals surface area contributed by atoms with Crippen molar-refractivity contribution in [3.8, 4) is 0 Å². The van der Waals surface area contributed by atoms with Gasteiger partial charge < -0.3 is 26.0 Å². The first-order chi connectivity index (χ1) is 17.6. The number of benzene rings is 2. The van der Waals surface area contributed by atoms with Gasteiger partial charge in [-0.1, -0.05) is 24.8 Å². The number of morpholine rings is 1. The van der Waals surface area contributed by atoms with Crippen LogP contribution in [0.5, 0.6) is 0 Å². The van der Waals surface area contributed by atoms with Crippen LogP contribution in [0.1, 0.15) is 11.3 Å². The van der Waals surface area contributed by atoms with E-state index in [1.54, 1.807) is 18.5 Å². The summed E-state index contributed by atoms with van der Waals surface area (Å²) in [5, 5.41) is 6.04. The molecule has 2 aromatic carbocycles. The van der Waals surface area contributed by atoms with Crippen LogP contribution in [0.3, 0.4) is 0 Å². The molecule has 0 aliphatic carbocycles. The molecular formula is C28H30N6O2. The number of carbonyl (C=O) groups is 1. The molecule has 1 aromatic heterocycles. The van der Waals surface area contributed by atoms with Crippen molar-refractivity contribution in [2.75, 3.05) is 41.8 Å². The van der Waals surface area contributed by atoms with Gasteiger partial charge in [0.15, 0.2) is 0 Å². The zero-order valence-electron chi connectivity index (χ0n) is 20.1. The third-order valence-corrected chi connectivity index (χ3v) is 5.59. The SMILES string of the molecule is C=C(N=C/C=C(\N)c1ccc(NC(=O)Cc2ccccn2)cc1)Nc1ccc(N2CCOCC2)cc1. The highest BCUT2D eigenvalue weighted by Crippen LogP contribution is 2.20. The van der Waals surface area contributed by atoms with Crippen LogP contribution in [-0.2, 0) is 16.0 Å². The molecule has 0 bridgehead atoms. The van der Waals surface area contributed by atoms with Crippen LogP contribution in [0.25, 0.3) is 5.70 Å². The zero-order valence-corrected chi connectivity index (χ0v) is 20.1. The van der Waals surface area contributed by atoms with Crippen LogP contribution < -0.4 is 21.3 Å². The zero-order chi connectivity index (χ0) is 25.2. The van der Waals surface area contributed by atoms with Gasteiger partial charge in [-0.2, -0.15) is 0 Å². The summed E-state index contributed by atoms with van der Waals surface area (Å²) in [6, 6.07) is 21.0. The normalized spacial score (nSPS) is 14.0. The van der Waals surface area contributed by atoms with Gasteiger partial charge in [0.1, 0.15) is 5.82 Å². The first-order valence-electron chi connectivity index (χ1n) is 11.8. The topological polar surface area (TPSA) is 105 Å². The number of hydrogen-bond donors (Lipinski definition) is 3. The van der Waals surface area contributed by atoms with Gasteiger partial charge in [-0.15, -0.1) is 0 Å². The van der Waals surface area contributed by atoms with Crippen molar-refractivity contribution in [3.63, 3.8) is 0 Å². The molecule has 1 amide bonds. The molecule has 8 heteroatoms. The van der Waals surface area contributed by atoms with Gasteiger partial charge in [-0.3, -0.25) is 9.78 Å². The average Bonchev–Trinajstić information content (AvgIpc) is 2.90. The Labute approximate surface area is 211 Å². The minimum atomic E-state index is -0.126. The lowest BCUT2D eigenvalue weighted by atomic mass is 10.1. The summed E-state index contributed by atoms with van der Waals surface area (Å²) in [5.41, 5.74) is 11.1. The van der Waals surface area contributed by atoms with Crippen molar-refractivity contribution in [3.05, 3.63) is 103 Å². The fourth-order valence-corrected chi connectivity index (χ4v) is 3.70. The van der Waals surface area contributed by atoms with Crippen molar-refractivity contribution >= 4 is 34.9 Å². The van der Waals surface area contributed by atoms with Crippen molar-refractivity contribution in [2.24, 2.45) is 10.7 Å². The molecule has 184 valence electrons. The second-order valence-electron chi connectivity index (χ2n) is 8.24. The lowest BCUT2D eigenvalue weighted by Gasteiger charge is -2.28. The molecule has 8 nitrogen and oxygen atoms in total. The Kier molecular flexibility index (Phi) is 8.45. The third kappa shape index (κ3) is 7.28. The standard InChI is InChI=1S/C28H30N6O2/c1-21(32-23-9-11-26(12-10-23)34-16-18-36-19-17-34)30-15-13-27(29)22-5-7-24(8-6-22)33-28(35)20-25-4-2-3-14-31-25/h2-15,32H,1,16-20,29H2,(H,33,35)/b27-13-,30-15?. The molecule has 0 radical (unpaired) electrons. The molecule has 4 rings (SSSR count). The fourth-order valence-electron chi connectivity index (χ4n) is 3.70. The highest BCUT2D eigenvalue weighted by atomic mass is 16.5. The van der Waals surface area contributed by atoms with E-state index in [9.17, 15) is 4.79 Å². The highest BCUT2D eigenvalue weighted by molar-refractivity contribution is 5.92. The van der Waals surface area contributed by atoms with Gasteiger partial charge >= 0.3 is 0 Å². The van der Waals surface area contributed by atoms with E-state index in [0.717, 1.165) is 43.2 Å². The van der Waals surface area contributed by atoms with Gasteiger partial charge in [-0.05, 0) is 60.2 Å². The maximum atomic E-state index is 12.2. The molecule has 4 N–H and O–H groups in total. The maximum Gasteiger partial charge on any atom is 0.230 e. The molecule has 2 heterocycles. The van der Waals surface area contributed by atoms with Crippen molar-refractivity contribution < 1.29 is 9.53 Å². The van der Waals surface area contributed by atoms with Crippen LogP contribution in [-0.4, -0.2) is 43.4 Å². The third-order valence-electron chi connectivity index (χ3n) is 5.59. The number of aliphatic imine (C=N–C) groups is 1. The van der Waals surface area contributed by atoms with E-state index >= 15 is 0 Å². The highest BCUT2D eigenvalue weighted by Gasteiger charge is 2.10. The van der Waals surface area contributed by atoms with E-state index in [0.29, 0.717) is 17.2 Å². The summed E-state index contributed by atoms with van der Waals surface area (Å²) in [7, 11) is 0. The van der Waals surface area contributed by atoms with Crippen molar-refractivity contribution in [2.45, 2.75) is 6.42 Å². The van der Waals surface area contributed by atoms with E-state index < -0.39 is 0 Å². The minimum absolute atomic E-state index is 0.126. The molecule has 1 aliphatic heterocycles. The monoisotopic (exact) mass is 482 g/mol. The van der Waals surface area contributed by atoms with Gasteiger partial charge in [0.25, 0.3) is 0 Å². The molecule has 3 aromatic rings. The van der Waals surface area contributed by atoms with E-state index in [4.69, 9.17) is 10.5 Å². The van der Waals surface area contributed by atoms with Crippen LogP contribution >= 0.6 is 0 Å². The Morgan fingerprint density at radius 1 is 1.03 bits per heavy atom. The van der Waals surface area contributed by atoms with Crippen LogP contribution in [0, 0.1) is 0 Å². The number of rotatable bonds is 9. The quantitative estimate of drug-likeness (QED) is 0.398. The number of nitrogens with zero attached hydrogens (tertiary/aromatic N) is 3. The number of pyridine rings is 1. The van der Waals surface area contributed by atoms with Gasteiger partial charge in [-0.25, -0.2) is 4.99 Å². The Bertz CT molecular complexity index is 1220. The Balaban J connectivity index is 1.26. The largest absolute Gasteiger partial charge is 0.398 e. The summed E-state index contributed by atoms with van der Waals surface area (Å²) in [4.78, 5) is 23.0. The summed E-state index contributed by atoms with van der Waals surface area (Å²) in [5.74, 6) is 0.378. The fraction of sp³-hybridized carbons (Fsp3) is 0.179. The lowest BCUT2D eigenvalue weighted by molar-refractivity contribution is -0.115. The molecular weight excluding hydrogens is 452 g/mol. The number of hydrogen-bond acceptors (Lipinski definition) is 7. The van der Waals surface area contributed by atoms with E-state index in [1.165, 1.54) is 5.69 Å². The molecule has 1 saturated heterocycles. The van der Waals surface area contributed by atoms with Crippen LogP contribution in [0.4, 0.5) is 17.1 Å². The lowest BCUT2D eigenvalue weighted by Crippen LogP contribution is -2.36. The molecule has 0 atom stereocenters. The molecule has 36 heavy (non-hydrogen) atoms. The van der Waals surface area contributed by atoms with Crippen LogP contribution in [0.15, 0.2) is 96.4 Å². The van der Waals surface area contributed by atoms with E-state index in [1.807, 2.05) is 54.6 Å². The first-order valence-corrected chi connectivity index (χ1v) is 11.8. The van der Waals surface area contributed by atoms with Crippen LogP contribution in [0.2, 0.25) is 0 Å². The minimum Gasteiger partial charge on any atom is -0.398 e. The van der Waals surface area contributed by atoms with Crippen molar-refractivity contribution in [1.29, 1.82) is 0 Å². The van der Waals surface area contributed by atoms with Gasteiger partial charge in [0, 0.05) is 54.0 Å². The number of nitrogens with one attached hydrogen (secondary N) is 2. The Hall–Kier alpha value is -4.43. The average molecular weight is 483 g/mol. The first kappa shape index (κ1) is 24.7. The van der Waals surface area contributed by atoms with E-state index in [-0.39, 0.29) is 12.3 Å². The second-order valence-corrected chi connectivity index (χ2v) is 8.24. The molecule has 0 unspecified atom stereocenters. The van der Waals surface area contributed by atoms with E-state index in [2.05, 4.69) is 44.2 Å². The maximum absolute atomic E-state index is 12.2. The predicted molar refractivity (Wildman–Crippen MR) is 146 cm³/mol. The summed E-state index contributed by atoms with van der Waals surface area (Å²) in [6.45, 7) is 7.28. The molecule has 0 spiro atoms. The smallest absolute Gasteiger partial charge is 0.230 e. The summed E-state index contributed by atoms with van der Waals surface area (Å²) < 4.78 is 5.41. The summed E-state index contributed by atoms with van der Waals surface area (Å²) in [6.07, 6.45) is 5.21. The number of aromatic nitrogens is 1. The predicted octanol–water partition coefficient (Wildman–Crippen LogP) is 4.05. The Morgan fingerprint density at radius 3 is 2.42 bits per heavy atom. The second kappa shape index (κ2) is 12.3. The number of ether oxygens (including phenoxy) is 1. The van der Waals surface area contributed by atoms with Crippen molar-refractivity contribution in [1.82, 2.24) is 4.98 Å². The number of nitrogens with two attached hydrogens (primary N) is 1. The van der Waals surface area contributed by atoms with Gasteiger partial charge in [0.05, 0.1) is 19.6 Å². The number of amides is 1. The summed E-state index contributed by atoms with van der Waals surface area (Å²) >= 11 is 0. The van der Waals surface area contributed by atoms with Gasteiger partial charge in [0.2, 0.25) is 5.91 Å². The Morgan fingerprint density at radius 2 is 1.72 bits per heavy atom. The molecule has 1 fully saturated rings. The number of carbonyl (C=O) groups excluding carboxylic acids is 1. The molecule has 1 aliphatic rings. The number of allylic oxidation sites excluding steroid dienone is 1. The number of anilines is 3.